The highest BCUT2D eigenvalue weighted by Gasteiger charge is 2.20. The number of amides is 1. The molecule has 0 fully saturated rings. The van der Waals surface area contributed by atoms with Gasteiger partial charge in [-0.2, -0.15) is 0 Å². The quantitative estimate of drug-likeness (QED) is 0.755. The van der Waals surface area contributed by atoms with E-state index in [2.05, 4.69) is 16.4 Å². The summed E-state index contributed by atoms with van der Waals surface area (Å²) in [6, 6.07) is 12.6. The smallest absolute Gasteiger partial charge is 0.224 e. The second-order valence-corrected chi connectivity index (χ2v) is 6.89. The minimum atomic E-state index is -0.295. The van der Waals surface area contributed by atoms with E-state index in [9.17, 15) is 9.18 Å². The van der Waals surface area contributed by atoms with Gasteiger partial charge in [-0.25, -0.2) is 4.39 Å². The van der Waals surface area contributed by atoms with Crippen molar-refractivity contribution in [1.82, 2.24) is 10.3 Å². The normalized spacial score (nSPS) is 16.2. The first kappa shape index (κ1) is 16.6. The van der Waals surface area contributed by atoms with Gasteiger partial charge in [0.25, 0.3) is 0 Å². The molecular formula is C21H21FN2O2. The molecule has 2 N–H and O–H groups in total. The van der Waals surface area contributed by atoms with Gasteiger partial charge in [0.15, 0.2) is 0 Å². The topological polar surface area (TPSA) is 54.1 Å². The molecule has 0 aliphatic carbocycles. The molecule has 0 saturated heterocycles. The minimum Gasteiger partial charge on any atom is -0.493 e. The Labute approximate surface area is 151 Å². The monoisotopic (exact) mass is 352 g/mol. The molecule has 2 heterocycles. The Balaban J connectivity index is 1.39. The second kappa shape index (κ2) is 6.83. The molecule has 5 heteroatoms. The van der Waals surface area contributed by atoms with Gasteiger partial charge in [0.1, 0.15) is 11.6 Å². The Hall–Kier alpha value is -2.82. The zero-order chi connectivity index (χ0) is 18.1. The fraction of sp³-hybridized carbons (Fsp3) is 0.286. The molecule has 0 spiro atoms. The van der Waals surface area contributed by atoms with E-state index in [4.69, 9.17) is 4.74 Å². The maximum Gasteiger partial charge on any atom is 0.224 e. The molecule has 26 heavy (non-hydrogen) atoms. The highest BCUT2D eigenvalue weighted by molar-refractivity contribution is 5.90. The van der Waals surface area contributed by atoms with Crippen LogP contribution in [0.25, 0.3) is 10.9 Å². The van der Waals surface area contributed by atoms with Gasteiger partial charge in [0, 0.05) is 29.1 Å². The first-order valence-corrected chi connectivity index (χ1v) is 8.84. The zero-order valence-corrected chi connectivity index (χ0v) is 14.6. The van der Waals surface area contributed by atoms with Crippen molar-refractivity contribution in [2.75, 3.05) is 13.2 Å². The van der Waals surface area contributed by atoms with E-state index in [0.717, 1.165) is 34.3 Å². The maximum absolute atomic E-state index is 13.5. The van der Waals surface area contributed by atoms with E-state index in [0.29, 0.717) is 13.2 Å². The van der Waals surface area contributed by atoms with Crippen molar-refractivity contribution < 1.29 is 13.9 Å². The Morgan fingerprint density at radius 1 is 1.31 bits per heavy atom. The minimum absolute atomic E-state index is 0.0582. The Bertz CT molecular complexity index is 964. The number of aromatic nitrogens is 1. The van der Waals surface area contributed by atoms with Crippen LogP contribution in [0.3, 0.4) is 0 Å². The number of hydrogen-bond donors (Lipinski definition) is 2. The molecule has 1 unspecified atom stereocenters. The van der Waals surface area contributed by atoms with Gasteiger partial charge >= 0.3 is 0 Å². The van der Waals surface area contributed by atoms with Crippen molar-refractivity contribution in [3.05, 3.63) is 65.1 Å². The van der Waals surface area contributed by atoms with Gasteiger partial charge < -0.3 is 15.0 Å². The molecule has 1 amide bonds. The molecule has 134 valence electrons. The summed E-state index contributed by atoms with van der Waals surface area (Å²) < 4.78 is 19.3. The van der Waals surface area contributed by atoms with E-state index < -0.39 is 0 Å². The molecule has 4 nitrogen and oxygen atoms in total. The van der Waals surface area contributed by atoms with Crippen LogP contribution < -0.4 is 10.1 Å². The van der Waals surface area contributed by atoms with Crippen LogP contribution in [0.4, 0.5) is 4.39 Å². The van der Waals surface area contributed by atoms with Crippen LogP contribution in [0.15, 0.2) is 42.5 Å². The summed E-state index contributed by atoms with van der Waals surface area (Å²) in [6.07, 6.45) is 1.13. The van der Waals surface area contributed by atoms with Gasteiger partial charge in [-0.3, -0.25) is 4.79 Å². The predicted molar refractivity (Wildman–Crippen MR) is 98.8 cm³/mol. The summed E-state index contributed by atoms with van der Waals surface area (Å²) in [6.45, 7) is 3.09. The van der Waals surface area contributed by atoms with Crippen LogP contribution in [0.5, 0.6) is 5.75 Å². The lowest BCUT2D eigenvalue weighted by Crippen LogP contribution is -2.35. The number of H-pyrrole nitrogens is 1. The number of nitrogens with one attached hydrogen (secondary N) is 2. The number of ether oxygens (including phenoxy) is 1. The van der Waals surface area contributed by atoms with Crippen molar-refractivity contribution >= 4 is 16.8 Å². The average molecular weight is 352 g/mol. The molecule has 3 aromatic rings. The van der Waals surface area contributed by atoms with Gasteiger partial charge in [0.2, 0.25) is 5.91 Å². The van der Waals surface area contributed by atoms with E-state index in [1.54, 1.807) is 6.07 Å². The van der Waals surface area contributed by atoms with Gasteiger partial charge in [0.05, 0.1) is 13.0 Å². The average Bonchev–Trinajstić information content (AvgIpc) is 2.95. The summed E-state index contributed by atoms with van der Waals surface area (Å²) in [4.78, 5) is 15.6. The lowest BCUT2D eigenvalue weighted by atomic mass is 9.96. The van der Waals surface area contributed by atoms with Gasteiger partial charge in [-0.15, -0.1) is 0 Å². The molecule has 0 bridgehead atoms. The Morgan fingerprint density at radius 3 is 3.04 bits per heavy atom. The third-order valence-corrected chi connectivity index (χ3v) is 4.96. The van der Waals surface area contributed by atoms with Crippen molar-refractivity contribution in [2.45, 2.75) is 19.8 Å². The number of carbonyl (C=O) groups excluding carboxylic acids is 1. The number of carbonyl (C=O) groups is 1. The Morgan fingerprint density at radius 2 is 2.15 bits per heavy atom. The molecule has 1 aliphatic heterocycles. The van der Waals surface area contributed by atoms with E-state index in [-0.39, 0.29) is 24.1 Å². The van der Waals surface area contributed by atoms with Crippen LogP contribution in [-0.2, 0) is 17.6 Å². The molecule has 2 aromatic carbocycles. The zero-order valence-electron chi connectivity index (χ0n) is 14.6. The summed E-state index contributed by atoms with van der Waals surface area (Å²) >= 11 is 0. The van der Waals surface area contributed by atoms with Crippen LogP contribution in [0, 0.1) is 18.7 Å². The van der Waals surface area contributed by atoms with Crippen molar-refractivity contribution in [1.29, 1.82) is 0 Å². The van der Waals surface area contributed by atoms with Crippen LogP contribution in [0.2, 0.25) is 0 Å². The SMILES string of the molecule is Cc1[nH]c2ccc(F)cc2c1CC(=O)NCC1COc2ccccc2C1. The fourth-order valence-electron chi connectivity index (χ4n) is 3.59. The summed E-state index contributed by atoms with van der Waals surface area (Å²) in [7, 11) is 0. The predicted octanol–water partition coefficient (Wildman–Crippen LogP) is 3.53. The van der Waals surface area contributed by atoms with Crippen molar-refractivity contribution in [2.24, 2.45) is 5.92 Å². The number of aromatic amines is 1. The molecule has 0 radical (unpaired) electrons. The molecule has 1 aromatic heterocycles. The number of para-hydroxylation sites is 1. The third kappa shape index (κ3) is 3.29. The van der Waals surface area contributed by atoms with E-state index in [1.165, 1.54) is 17.7 Å². The molecule has 1 aliphatic rings. The molecule has 4 rings (SSSR count). The van der Waals surface area contributed by atoms with Crippen LogP contribution >= 0.6 is 0 Å². The number of halogens is 1. The van der Waals surface area contributed by atoms with Crippen molar-refractivity contribution in [3.8, 4) is 5.75 Å². The number of rotatable bonds is 4. The highest BCUT2D eigenvalue weighted by Crippen LogP contribution is 2.27. The first-order valence-electron chi connectivity index (χ1n) is 8.84. The largest absolute Gasteiger partial charge is 0.493 e. The lowest BCUT2D eigenvalue weighted by Gasteiger charge is -2.25. The number of hydrogen-bond acceptors (Lipinski definition) is 2. The van der Waals surface area contributed by atoms with Crippen molar-refractivity contribution in [3.63, 3.8) is 0 Å². The van der Waals surface area contributed by atoms with Gasteiger partial charge in [-0.1, -0.05) is 18.2 Å². The number of fused-ring (bicyclic) bond motifs is 2. The maximum atomic E-state index is 13.5. The highest BCUT2D eigenvalue weighted by atomic mass is 19.1. The summed E-state index contributed by atoms with van der Waals surface area (Å²) in [5.74, 6) is 0.843. The fourth-order valence-corrected chi connectivity index (χ4v) is 3.59. The van der Waals surface area contributed by atoms with E-state index in [1.807, 2.05) is 25.1 Å². The van der Waals surface area contributed by atoms with Crippen LogP contribution in [-0.4, -0.2) is 24.0 Å². The second-order valence-electron chi connectivity index (χ2n) is 6.89. The number of benzene rings is 2. The van der Waals surface area contributed by atoms with Gasteiger partial charge in [-0.05, 0) is 48.7 Å². The Kier molecular flexibility index (Phi) is 4.37. The first-order chi connectivity index (χ1) is 12.6. The summed E-state index contributed by atoms with van der Waals surface area (Å²) in [5.41, 5.74) is 3.78. The lowest BCUT2D eigenvalue weighted by molar-refractivity contribution is -0.120. The summed E-state index contributed by atoms with van der Waals surface area (Å²) in [5, 5.41) is 3.77. The molecule has 1 atom stereocenters. The third-order valence-electron chi connectivity index (χ3n) is 4.96. The number of aryl methyl sites for hydroxylation is 1. The van der Waals surface area contributed by atoms with E-state index >= 15 is 0 Å². The molecule has 0 saturated carbocycles. The standard InChI is InChI=1S/C21H21FN2O2/c1-13-17(18-9-16(22)6-7-19(18)24-13)10-21(25)23-11-14-8-15-4-2-3-5-20(15)26-12-14/h2-7,9,14,24H,8,10-12H2,1H3,(H,23,25). The van der Waals surface area contributed by atoms with Crippen LogP contribution in [0.1, 0.15) is 16.8 Å². The molecular weight excluding hydrogens is 331 g/mol.